The van der Waals surface area contributed by atoms with Crippen LogP contribution in [-0.4, -0.2) is 41.0 Å². The first-order valence-corrected chi connectivity index (χ1v) is 8.61. The van der Waals surface area contributed by atoms with Gasteiger partial charge in [0.15, 0.2) is 0 Å². The van der Waals surface area contributed by atoms with Crippen LogP contribution in [0.15, 0.2) is 48.8 Å². The Kier molecular flexibility index (Phi) is 4.14. The average Bonchev–Trinajstić information content (AvgIpc) is 3.12. The Bertz CT molecular complexity index is 877. The van der Waals surface area contributed by atoms with Gasteiger partial charge in [-0.05, 0) is 36.5 Å². The summed E-state index contributed by atoms with van der Waals surface area (Å²) in [4.78, 5) is 22.1. The molecule has 2 aromatic heterocycles. The zero-order valence-electron chi connectivity index (χ0n) is 14.2. The lowest BCUT2D eigenvalue weighted by Gasteiger charge is -2.32. The van der Waals surface area contributed by atoms with Gasteiger partial charge in [0.25, 0.3) is 5.91 Å². The van der Waals surface area contributed by atoms with E-state index in [2.05, 4.69) is 34.4 Å². The van der Waals surface area contributed by atoms with Gasteiger partial charge in [0.2, 0.25) is 5.88 Å². The molecule has 0 atom stereocenters. The van der Waals surface area contributed by atoms with Gasteiger partial charge in [-0.2, -0.15) is 0 Å². The van der Waals surface area contributed by atoms with Crippen molar-refractivity contribution in [1.82, 2.24) is 14.9 Å². The van der Waals surface area contributed by atoms with Crippen LogP contribution in [0, 0.1) is 0 Å². The van der Waals surface area contributed by atoms with Crippen molar-refractivity contribution < 1.29 is 9.53 Å². The van der Waals surface area contributed by atoms with Crippen molar-refractivity contribution in [1.29, 1.82) is 0 Å². The summed E-state index contributed by atoms with van der Waals surface area (Å²) in [5, 5.41) is 1.30. The van der Waals surface area contributed by atoms with Crippen molar-refractivity contribution in [3.63, 3.8) is 0 Å². The van der Waals surface area contributed by atoms with E-state index in [9.17, 15) is 4.79 Å². The number of nitrogens with zero attached hydrogens (tertiary/aromatic N) is 2. The molecule has 128 valence electrons. The minimum Gasteiger partial charge on any atom is -0.481 e. The number of fused-ring (bicyclic) bond motifs is 1. The molecule has 5 nitrogen and oxygen atoms in total. The first-order valence-electron chi connectivity index (χ1n) is 8.61. The van der Waals surface area contributed by atoms with Crippen LogP contribution in [0.2, 0.25) is 0 Å². The molecular formula is C20H21N3O2. The van der Waals surface area contributed by atoms with Crippen LogP contribution in [0.4, 0.5) is 0 Å². The number of ether oxygens (including phenoxy) is 1. The highest BCUT2D eigenvalue weighted by atomic mass is 16.5. The van der Waals surface area contributed by atoms with Crippen molar-refractivity contribution in [3.8, 4) is 5.88 Å². The third-order valence-electron chi connectivity index (χ3n) is 5.04. The number of hydrogen-bond acceptors (Lipinski definition) is 3. The number of benzene rings is 1. The number of nitrogens with one attached hydrogen (secondary N) is 1. The summed E-state index contributed by atoms with van der Waals surface area (Å²) in [6, 6.07) is 11.9. The number of H-pyrrole nitrogens is 1. The predicted octanol–water partition coefficient (Wildman–Crippen LogP) is 3.59. The zero-order chi connectivity index (χ0) is 17.2. The number of carbonyl (C=O) groups is 1. The third-order valence-corrected chi connectivity index (χ3v) is 5.04. The second-order valence-electron chi connectivity index (χ2n) is 6.45. The number of likely N-dealkylation sites (tertiary alicyclic amines) is 1. The molecule has 0 radical (unpaired) electrons. The maximum atomic E-state index is 12.6. The number of carbonyl (C=O) groups excluding carboxylic acids is 1. The summed E-state index contributed by atoms with van der Waals surface area (Å²) in [7, 11) is 1.57. The van der Waals surface area contributed by atoms with Crippen molar-refractivity contribution in [3.05, 3.63) is 59.9 Å². The SMILES string of the molecule is COc1ccc(C(=O)N2CCC(c3c[nH]c4ccccc34)CC2)cn1. The summed E-state index contributed by atoms with van der Waals surface area (Å²) in [5.41, 5.74) is 3.17. The molecule has 0 bridgehead atoms. The minimum absolute atomic E-state index is 0.0486. The normalized spacial score (nSPS) is 15.5. The van der Waals surface area contributed by atoms with E-state index < -0.39 is 0 Å². The molecule has 1 aliphatic heterocycles. The molecular weight excluding hydrogens is 314 g/mol. The molecule has 25 heavy (non-hydrogen) atoms. The van der Waals surface area contributed by atoms with Crippen LogP contribution in [0.1, 0.15) is 34.7 Å². The third kappa shape index (κ3) is 2.97. The smallest absolute Gasteiger partial charge is 0.255 e. The highest BCUT2D eigenvalue weighted by Gasteiger charge is 2.26. The Labute approximate surface area is 146 Å². The molecule has 0 aliphatic carbocycles. The Morgan fingerprint density at radius 3 is 2.72 bits per heavy atom. The van der Waals surface area contributed by atoms with E-state index in [1.54, 1.807) is 25.4 Å². The maximum Gasteiger partial charge on any atom is 0.255 e. The largest absolute Gasteiger partial charge is 0.481 e. The van der Waals surface area contributed by atoms with Crippen molar-refractivity contribution in [2.24, 2.45) is 0 Å². The Balaban J connectivity index is 1.44. The molecule has 3 aromatic rings. The highest BCUT2D eigenvalue weighted by molar-refractivity contribution is 5.94. The van der Waals surface area contributed by atoms with E-state index in [0.29, 0.717) is 17.4 Å². The lowest BCUT2D eigenvalue weighted by atomic mass is 9.89. The number of aromatic amines is 1. The van der Waals surface area contributed by atoms with Crippen LogP contribution in [-0.2, 0) is 0 Å². The number of para-hydroxylation sites is 1. The van der Waals surface area contributed by atoms with E-state index in [0.717, 1.165) is 25.9 Å². The van der Waals surface area contributed by atoms with Gasteiger partial charge in [-0.1, -0.05) is 18.2 Å². The number of hydrogen-bond donors (Lipinski definition) is 1. The van der Waals surface area contributed by atoms with Crippen molar-refractivity contribution in [2.75, 3.05) is 20.2 Å². The molecule has 4 rings (SSSR count). The second-order valence-corrected chi connectivity index (χ2v) is 6.45. The molecule has 5 heteroatoms. The molecule has 1 fully saturated rings. The molecule has 1 aliphatic rings. The van der Waals surface area contributed by atoms with E-state index in [-0.39, 0.29) is 5.91 Å². The molecule has 1 saturated heterocycles. The second kappa shape index (κ2) is 6.59. The first kappa shape index (κ1) is 15.7. The number of rotatable bonds is 3. The fourth-order valence-corrected chi connectivity index (χ4v) is 3.64. The maximum absolute atomic E-state index is 12.6. The first-order chi connectivity index (χ1) is 12.3. The van der Waals surface area contributed by atoms with Crippen LogP contribution >= 0.6 is 0 Å². The van der Waals surface area contributed by atoms with Gasteiger partial charge in [-0.25, -0.2) is 4.98 Å². The van der Waals surface area contributed by atoms with Gasteiger partial charge in [-0.15, -0.1) is 0 Å². The molecule has 3 heterocycles. The summed E-state index contributed by atoms with van der Waals surface area (Å²) in [6.45, 7) is 1.55. The van der Waals surface area contributed by atoms with Gasteiger partial charge in [-0.3, -0.25) is 4.79 Å². The topological polar surface area (TPSA) is 58.2 Å². The zero-order valence-corrected chi connectivity index (χ0v) is 14.2. The van der Waals surface area contributed by atoms with Crippen molar-refractivity contribution >= 4 is 16.8 Å². The molecule has 1 aromatic carbocycles. The Morgan fingerprint density at radius 1 is 1.20 bits per heavy atom. The molecule has 0 unspecified atom stereocenters. The molecule has 1 amide bonds. The van der Waals surface area contributed by atoms with Crippen LogP contribution in [0.25, 0.3) is 10.9 Å². The highest BCUT2D eigenvalue weighted by Crippen LogP contribution is 2.33. The lowest BCUT2D eigenvalue weighted by molar-refractivity contribution is 0.0713. The van der Waals surface area contributed by atoms with Crippen LogP contribution < -0.4 is 4.74 Å². The predicted molar refractivity (Wildman–Crippen MR) is 97.0 cm³/mol. The summed E-state index contributed by atoms with van der Waals surface area (Å²) in [6.07, 6.45) is 5.68. The number of methoxy groups -OCH3 is 1. The molecule has 0 saturated carbocycles. The van der Waals surface area contributed by atoms with Gasteiger partial charge >= 0.3 is 0 Å². The standard InChI is InChI=1S/C20H21N3O2/c1-25-19-7-6-15(12-22-19)20(24)23-10-8-14(9-11-23)17-13-21-18-5-3-2-4-16(17)18/h2-7,12-14,21H,8-11H2,1H3. The van der Waals surface area contributed by atoms with Gasteiger partial charge in [0, 0.05) is 42.5 Å². The number of aromatic nitrogens is 2. The van der Waals surface area contributed by atoms with Gasteiger partial charge in [0.1, 0.15) is 0 Å². The van der Waals surface area contributed by atoms with Crippen molar-refractivity contribution in [2.45, 2.75) is 18.8 Å². The van der Waals surface area contributed by atoms with Gasteiger partial charge in [0.05, 0.1) is 12.7 Å². The Hall–Kier alpha value is -2.82. The fourth-order valence-electron chi connectivity index (χ4n) is 3.64. The molecule has 1 N–H and O–H groups in total. The van der Waals surface area contributed by atoms with E-state index >= 15 is 0 Å². The van der Waals surface area contributed by atoms with E-state index in [1.807, 2.05) is 11.0 Å². The fraction of sp³-hybridized carbons (Fsp3) is 0.300. The van der Waals surface area contributed by atoms with E-state index in [4.69, 9.17) is 4.74 Å². The number of pyridine rings is 1. The van der Waals surface area contributed by atoms with E-state index in [1.165, 1.54) is 16.5 Å². The lowest BCUT2D eigenvalue weighted by Crippen LogP contribution is -2.37. The van der Waals surface area contributed by atoms with Crippen LogP contribution in [0.3, 0.4) is 0 Å². The minimum atomic E-state index is 0.0486. The Morgan fingerprint density at radius 2 is 2.00 bits per heavy atom. The average molecular weight is 335 g/mol. The number of piperidine rings is 1. The molecule has 0 spiro atoms. The number of amides is 1. The monoisotopic (exact) mass is 335 g/mol. The van der Waals surface area contributed by atoms with Crippen LogP contribution in [0.5, 0.6) is 5.88 Å². The summed E-state index contributed by atoms with van der Waals surface area (Å²) in [5.74, 6) is 1.07. The van der Waals surface area contributed by atoms with Gasteiger partial charge < -0.3 is 14.6 Å². The summed E-state index contributed by atoms with van der Waals surface area (Å²) >= 11 is 0. The summed E-state index contributed by atoms with van der Waals surface area (Å²) < 4.78 is 5.05. The quantitative estimate of drug-likeness (QED) is 0.796.